The van der Waals surface area contributed by atoms with Gasteiger partial charge in [-0.05, 0) is 17.2 Å². The summed E-state index contributed by atoms with van der Waals surface area (Å²) in [6.45, 7) is 8.09. The number of carbonyl (C=O) groups excluding carboxylic acids is 1. The van der Waals surface area contributed by atoms with Gasteiger partial charge in [0.2, 0.25) is 5.91 Å². The van der Waals surface area contributed by atoms with Crippen molar-refractivity contribution in [1.29, 1.82) is 10.7 Å². The first kappa shape index (κ1) is 25.1. The SMILES string of the molecule is [CH2-]CC(N)(C[CH2-])C(=O)N[C@H](C#N)Cc1ccc(-c2cnc3c(c2)CN(C)C3=N)cc1.[U+2]. The number of amidine groups is 1. The molecule has 4 N–H and O–H groups in total. The van der Waals surface area contributed by atoms with E-state index in [1.54, 1.807) is 6.20 Å². The van der Waals surface area contributed by atoms with Crippen molar-refractivity contribution in [3.05, 3.63) is 67.2 Å². The second-order valence-corrected chi connectivity index (χ2v) is 7.65. The normalized spacial score (nSPS) is 13.8. The predicted molar refractivity (Wildman–Crippen MR) is 116 cm³/mol. The number of nitriles is 1. The van der Waals surface area contributed by atoms with Crippen LogP contribution in [-0.4, -0.2) is 40.3 Å². The van der Waals surface area contributed by atoms with E-state index in [0.29, 0.717) is 18.8 Å². The van der Waals surface area contributed by atoms with Crippen LogP contribution in [0.3, 0.4) is 0 Å². The van der Waals surface area contributed by atoms with Crippen molar-refractivity contribution in [2.24, 2.45) is 5.73 Å². The minimum absolute atomic E-state index is 0. The first-order chi connectivity index (χ1) is 14.3. The van der Waals surface area contributed by atoms with Gasteiger partial charge in [-0.15, -0.1) is 0 Å². The van der Waals surface area contributed by atoms with Gasteiger partial charge in [-0.1, -0.05) is 24.3 Å². The molecule has 158 valence electrons. The van der Waals surface area contributed by atoms with Gasteiger partial charge in [0.1, 0.15) is 17.6 Å². The van der Waals surface area contributed by atoms with Crippen LogP contribution >= 0.6 is 0 Å². The summed E-state index contributed by atoms with van der Waals surface area (Å²) in [7, 11) is 1.88. The second-order valence-electron chi connectivity index (χ2n) is 7.65. The van der Waals surface area contributed by atoms with Gasteiger partial charge >= 0.3 is 31.1 Å². The Morgan fingerprint density at radius 2 is 2.00 bits per heavy atom. The zero-order valence-electron chi connectivity index (χ0n) is 17.6. The molecule has 2 heterocycles. The molecule has 2 aromatic rings. The third-order valence-corrected chi connectivity index (χ3v) is 5.51. The Balaban J connectivity index is 0.00000341. The fourth-order valence-corrected chi connectivity index (χ4v) is 3.37. The molecule has 0 bridgehead atoms. The van der Waals surface area contributed by atoms with Crippen LogP contribution in [0, 0.1) is 61.7 Å². The van der Waals surface area contributed by atoms with E-state index < -0.39 is 17.5 Å². The number of amides is 1. The summed E-state index contributed by atoms with van der Waals surface area (Å²) in [5.74, 6) is 0.0334. The molecule has 3 rings (SSSR count). The predicted octanol–water partition coefficient (Wildman–Crippen LogP) is 2.22. The quantitative estimate of drug-likeness (QED) is 0.402. The van der Waals surface area contributed by atoms with Crippen molar-refractivity contribution >= 4 is 11.7 Å². The Kier molecular flexibility index (Phi) is 8.43. The molecule has 8 heteroatoms. The molecule has 0 unspecified atom stereocenters. The van der Waals surface area contributed by atoms with Crippen molar-refractivity contribution in [2.75, 3.05) is 7.05 Å². The van der Waals surface area contributed by atoms with Crippen molar-refractivity contribution in [3.63, 3.8) is 0 Å². The topological polar surface area (TPSA) is 119 Å². The Hall–Kier alpha value is -2.19. The summed E-state index contributed by atoms with van der Waals surface area (Å²) >= 11 is 0. The summed E-state index contributed by atoms with van der Waals surface area (Å²) in [6, 6.07) is 11.3. The van der Waals surface area contributed by atoms with Crippen LogP contribution in [0.25, 0.3) is 11.1 Å². The van der Waals surface area contributed by atoms with Gasteiger partial charge in [-0.3, -0.25) is 15.2 Å². The molecule has 0 aliphatic carbocycles. The minimum atomic E-state index is -1.16. The maximum absolute atomic E-state index is 12.4. The molecule has 0 fully saturated rings. The molecule has 0 saturated carbocycles. The molecule has 1 aromatic heterocycles. The smallest absolute Gasteiger partial charge is 0.354 e. The van der Waals surface area contributed by atoms with Crippen LogP contribution in [0.4, 0.5) is 0 Å². The molecule has 31 heavy (non-hydrogen) atoms. The van der Waals surface area contributed by atoms with E-state index in [1.165, 1.54) is 0 Å². The molecule has 1 aromatic carbocycles. The van der Waals surface area contributed by atoms with Gasteiger partial charge in [0.15, 0.2) is 0 Å². The average Bonchev–Trinajstić information content (AvgIpc) is 3.05. The van der Waals surface area contributed by atoms with Crippen LogP contribution < -0.4 is 11.1 Å². The Bertz CT molecular complexity index is 994. The number of pyridine rings is 1. The zero-order valence-corrected chi connectivity index (χ0v) is 21.8. The number of fused-ring (bicyclic) bond motifs is 1. The molecule has 0 radical (unpaired) electrons. The van der Waals surface area contributed by atoms with Gasteiger partial charge in [0.25, 0.3) is 0 Å². The molecular formula is C23H26N6OU. The van der Waals surface area contributed by atoms with Gasteiger partial charge in [-0.25, -0.2) is 0 Å². The van der Waals surface area contributed by atoms with Crippen molar-refractivity contribution in [2.45, 2.75) is 37.4 Å². The summed E-state index contributed by atoms with van der Waals surface area (Å²) in [5.41, 5.74) is 9.52. The van der Waals surface area contributed by atoms with Crippen LogP contribution in [-0.2, 0) is 17.8 Å². The molecule has 1 amide bonds. The fourth-order valence-electron chi connectivity index (χ4n) is 3.37. The third-order valence-electron chi connectivity index (χ3n) is 5.51. The van der Waals surface area contributed by atoms with Gasteiger partial charge in [0.05, 0.1) is 6.07 Å². The van der Waals surface area contributed by atoms with Gasteiger partial charge in [-0.2, -0.15) is 18.1 Å². The maximum Gasteiger partial charge on any atom is 2.00 e. The van der Waals surface area contributed by atoms with Crippen molar-refractivity contribution in [3.8, 4) is 17.2 Å². The van der Waals surface area contributed by atoms with E-state index in [-0.39, 0.29) is 44.0 Å². The van der Waals surface area contributed by atoms with Crippen molar-refractivity contribution < 1.29 is 35.9 Å². The Morgan fingerprint density at radius 3 is 2.58 bits per heavy atom. The molecule has 0 spiro atoms. The Labute approximate surface area is 207 Å². The number of rotatable bonds is 7. The summed E-state index contributed by atoms with van der Waals surface area (Å²) < 4.78 is 0. The maximum atomic E-state index is 12.4. The average molecular weight is 641 g/mol. The number of aromatic nitrogens is 1. The third kappa shape index (κ3) is 5.36. The number of nitrogens with one attached hydrogen (secondary N) is 2. The van der Waals surface area contributed by atoms with Crippen LogP contribution in [0.1, 0.15) is 29.7 Å². The van der Waals surface area contributed by atoms with E-state index in [9.17, 15) is 10.1 Å². The number of nitrogens with zero attached hydrogens (tertiary/aromatic N) is 3. The second kappa shape index (κ2) is 10.4. The fraction of sp³-hybridized carbons (Fsp3) is 0.304. The Morgan fingerprint density at radius 1 is 1.35 bits per heavy atom. The number of hydrogen-bond acceptors (Lipinski definition) is 5. The number of hydrogen-bond donors (Lipinski definition) is 3. The monoisotopic (exact) mass is 640 g/mol. The van der Waals surface area contributed by atoms with E-state index in [2.05, 4.69) is 36.3 Å². The minimum Gasteiger partial charge on any atom is -0.354 e. The first-order valence-corrected chi connectivity index (χ1v) is 9.77. The van der Waals surface area contributed by atoms with Gasteiger partial charge < -0.3 is 29.8 Å². The number of nitrogens with two attached hydrogens (primary N) is 1. The molecule has 0 saturated heterocycles. The number of carbonyl (C=O) groups is 1. The largest absolute Gasteiger partial charge is 2.00 e. The first-order valence-electron chi connectivity index (χ1n) is 9.77. The number of benzene rings is 1. The van der Waals surface area contributed by atoms with E-state index >= 15 is 0 Å². The summed E-state index contributed by atoms with van der Waals surface area (Å²) in [4.78, 5) is 18.7. The van der Waals surface area contributed by atoms with E-state index in [1.807, 2.05) is 36.2 Å². The molecule has 1 aliphatic rings. The standard InChI is InChI=1S/C23H26N6O.U/c1-4-23(26,5-2)22(30)28-19(12-24)10-15-6-8-16(9-7-15)17-11-18-14-29(3)21(25)20(18)27-13-17;/h6-9,11,13,19,25H,1-2,4-5,10,14,26H2,3H3,(H,28,30);/q-2;+2/t19-;/m0./s1. The van der Waals surface area contributed by atoms with Crippen LogP contribution in [0.15, 0.2) is 36.5 Å². The summed E-state index contributed by atoms with van der Waals surface area (Å²) in [5, 5.41) is 20.2. The zero-order chi connectivity index (χ0) is 21.9. The summed E-state index contributed by atoms with van der Waals surface area (Å²) in [6.07, 6.45) is 2.56. The molecule has 7 nitrogen and oxygen atoms in total. The van der Waals surface area contributed by atoms with E-state index in [0.717, 1.165) is 27.9 Å². The van der Waals surface area contributed by atoms with Crippen LogP contribution in [0.5, 0.6) is 0 Å². The van der Waals surface area contributed by atoms with Crippen LogP contribution in [0.2, 0.25) is 0 Å². The van der Waals surface area contributed by atoms with Crippen molar-refractivity contribution in [1.82, 2.24) is 15.2 Å². The molecule has 1 aliphatic heterocycles. The molecular weight excluding hydrogens is 614 g/mol. The molecule has 1 atom stereocenters. The van der Waals surface area contributed by atoms with E-state index in [4.69, 9.17) is 11.1 Å². The van der Waals surface area contributed by atoms with Gasteiger partial charge in [0, 0.05) is 42.9 Å².